The highest BCUT2D eigenvalue weighted by atomic mass is 32.2. The van der Waals surface area contributed by atoms with Crippen LogP contribution in [0.15, 0.2) is 113 Å². The second-order valence-corrected chi connectivity index (χ2v) is 18.8. The van der Waals surface area contributed by atoms with Gasteiger partial charge < -0.3 is 0 Å². The van der Waals surface area contributed by atoms with Crippen molar-refractivity contribution in [2.75, 3.05) is 6.54 Å². The van der Waals surface area contributed by atoms with Crippen molar-refractivity contribution in [3.8, 4) is 44.5 Å². The molecule has 2 aliphatic rings. The molecule has 1 unspecified atom stereocenters. The van der Waals surface area contributed by atoms with Gasteiger partial charge in [0.25, 0.3) is 11.8 Å². The van der Waals surface area contributed by atoms with Crippen molar-refractivity contribution in [3.05, 3.63) is 149 Å². The number of amides is 2. The first-order valence-electron chi connectivity index (χ1n) is 23.4. The number of carbonyl (C=O) groups is 2. The fourth-order valence-corrected chi connectivity index (χ4v) is 11.1. The minimum atomic E-state index is -1.74. The summed E-state index contributed by atoms with van der Waals surface area (Å²) >= 11 is 0. The third kappa shape index (κ3) is 9.45. The highest BCUT2D eigenvalue weighted by Gasteiger charge is 2.39. The van der Waals surface area contributed by atoms with Crippen LogP contribution in [-0.4, -0.2) is 27.5 Å². The van der Waals surface area contributed by atoms with Gasteiger partial charge in [0.2, 0.25) is 0 Å². The molecule has 0 aliphatic carbocycles. The van der Waals surface area contributed by atoms with Crippen molar-refractivity contribution in [2.45, 2.75) is 119 Å². The fraction of sp³-hybridized carbons (Fsp3) is 0.316. The lowest BCUT2D eigenvalue weighted by Crippen LogP contribution is -2.41. The van der Waals surface area contributed by atoms with Gasteiger partial charge in [-0.2, -0.15) is 0 Å². The van der Waals surface area contributed by atoms with Gasteiger partial charge >= 0.3 is 0 Å². The first-order valence-corrected chi connectivity index (χ1v) is 24.6. The summed E-state index contributed by atoms with van der Waals surface area (Å²) < 4.78 is 15.2. The first kappa shape index (κ1) is 44.9. The molecule has 7 nitrogen and oxygen atoms in total. The molecule has 0 saturated carbocycles. The van der Waals surface area contributed by atoms with Crippen molar-refractivity contribution in [3.63, 3.8) is 0 Å². The van der Waals surface area contributed by atoms with Gasteiger partial charge in [-0.3, -0.25) is 14.5 Å². The Hall–Kier alpha value is -6.66. The maximum atomic E-state index is 15.2. The van der Waals surface area contributed by atoms with Gasteiger partial charge in [-0.05, 0) is 69.6 Å². The third-order valence-electron chi connectivity index (χ3n) is 13.1. The molecule has 2 heterocycles. The molecule has 65 heavy (non-hydrogen) atoms. The van der Waals surface area contributed by atoms with Crippen molar-refractivity contribution in [2.24, 2.45) is 0 Å². The van der Waals surface area contributed by atoms with E-state index in [-0.39, 0.29) is 11.8 Å². The van der Waals surface area contributed by atoms with Crippen LogP contribution in [0.25, 0.3) is 69.8 Å². The summed E-state index contributed by atoms with van der Waals surface area (Å²) in [5.74, 6) is -0.723. The van der Waals surface area contributed by atoms with Crippen LogP contribution in [-0.2, 0) is 10.8 Å². The van der Waals surface area contributed by atoms with Crippen LogP contribution >= 0.6 is 0 Å². The van der Waals surface area contributed by atoms with Gasteiger partial charge in [0, 0.05) is 34.0 Å². The molecule has 6 aromatic carbocycles. The van der Waals surface area contributed by atoms with Crippen molar-refractivity contribution in [1.82, 2.24) is 4.90 Å². The zero-order valence-corrected chi connectivity index (χ0v) is 38.1. The van der Waals surface area contributed by atoms with E-state index in [1.807, 2.05) is 66.7 Å². The number of unbranched alkanes of at least 4 members (excludes halogenated alkanes) is 15. The summed E-state index contributed by atoms with van der Waals surface area (Å²) in [6.07, 6.45) is 19.7. The second-order valence-electron chi connectivity index (χ2n) is 17.4. The molecular formula is C57H54N4O3S. The molecule has 0 N–H and O–H groups in total. The summed E-state index contributed by atoms with van der Waals surface area (Å²) in [6, 6.07) is 31.3. The molecule has 326 valence electrons. The van der Waals surface area contributed by atoms with E-state index in [4.69, 9.17) is 19.7 Å². The number of rotatable bonds is 20. The van der Waals surface area contributed by atoms with E-state index in [0.29, 0.717) is 72.8 Å². The van der Waals surface area contributed by atoms with Gasteiger partial charge in [0.15, 0.2) is 17.1 Å². The number of imide groups is 1. The maximum Gasteiger partial charge on any atom is 0.261 e. The van der Waals surface area contributed by atoms with Gasteiger partial charge in [0.05, 0.1) is 40.3 Å². The Kier molecular flexibility index (Phi) is 14.4. The second kappa shape index (κ2) is 20.9. The predicted octanol–water partition coefficient (Wildman–Crippen LogP) is 16.5. The van der Waals surface area contributed by atoms with E-state index in [9.17, 15) is 9.59 Å². The van der Waals surface area contributed by atoms with Crippen LogP contribution in [0.1, 0.15) is 130 Å². The summed E-state index contributed by atoms with van der Waals surface area (Å²) in [4.78, 5) is 42.9. The normalized spacial score (nSPS) is 13.6. The predicted molar refractivity (Wildman–Crippen MR) is 264 cm³/mol. The first-order chi connectivity index (χ1) is 31.9. The molecule has 0 radical (unpaired) electrons. The molecule has 1 atom stereocenters. The summed E-state index contributed by atoms with van der Waals surface area (Å²) in [5.41, 5.74) is 8.34. The van der Waals surface area contributed by atoms with Gasteiger partial charge in [-0.1, -0.05) is 182 Å². The van der Waals surface area contributed by atoms with E-state index in [1.54, 1.807) is 36.4 Å². The quantitative estimate of drug-likeness (QED) is 0.0435. The molecule has 0 spiro atoms. The topological polar surface area (TPSA) is 67.5 Å². The summed E-state index contributed by atoms with van der Waals surface area (Å²) in [7, 11) is -1.74. The maximum absolute atomic E-state index is 15.2. The van der Waals surface area contributed by atoms with Gasteiger partial charge in [-0.15, -0.1) is 0 Å². The van der Waals surface area contributed by atoms with Crippen LogP contribution in [0.5, 0.6) is 0 Å². The van der Waals surface area contributed by atoms with Crippen molar-refractivity contribution in [1.29, 1.82) is 0 Å². The monoisotopic (exact) mass is 874 g/mol. The van der Waals surface area contributed by atoms with Crippen LogP contribution in [0.3, 0.4) is 0 Å². The van der Waals surface area contributed by atoms with E-state index in [2.05, 4.69) is 21.5 Å². The lowest BCUT2D eigenvalue weighted by Gasteiger charge is -2.33. The van der Waals surface area contributed by atoms with Gasteiger partial charge in [0.1, 0.15) is 0 Å². The van der Waals surface area contributed by atoms with Crippen molar-refractivity contribution >= 4 is 50.4 Å². The Morgan fingerprint density at radius 3 is 1.34 bits per heavy atom. The number of nitrogens with zero attached hydrogens (tertiary/aromatic N) is 4. The molecular weight excluding hydrogens is 821 g/mol. The minimum Gasteiger partial charge on any atom is -0.274 e. The molecule has 2 amide bonds. The molecule has 0 fully saturated rings. The Labute approximate surface area is 386 Å². The molecule has 0 saturated heterocycles. The molecule has 2 aliphatic heterocycles. The number of carbonyl (C=O) groups excluding carboxylic acids is 2. The Morgan fingerprint density at radius 2 is 0.862 bits per heavy atom. The summed E-state index contributed by atoms with van der Waals surface area (Å²) in [6.45, 7) is 25.2. The highest BCUT2D eigenvalue weighted by molar-refractivity contribution is 7.85. The molecule has 8 rings (SSSR count). The SMILES string of the molecule is [C-]#[N+]c1ccc(-c2ccc3c(c2)-c2c(-c4ccc([N+]#[C-])cc4)cc4c5c(cc(-c6ccc([N+]#[C-])cc6)c(c25)S3=O)C(=O)N(CCCCCCCCCCCCCCCCCC)C4=O)cc1. The highest BCUT2D eigenvalue weighted by Crippen LogP contribution is 2.53. The summed E-state index contributed by atoms with van der Waals surface area (Å²) in [5, 5.41) is 1.10. The Bertz CT molecular complexity index is 2870. The number of hydrogen-bond donors (Lipinski definition) is 0. The van der Waals surface area contributed by atoms with Crippen LogP contribution in [0.4, 0.5) is 17.1 Å². The van der Waals surface area contributed by atoms with E-state index < -0.39 is 10.8 Å². The average molecular weight is 875 g/mol. The van der Waals surface area contributed by atoms with Gasteiger partial charge in [-0.25, -0.2) is 18.7 Å². The number of hydrogen-bond acceptors (Lipinski definition) is 3. The number of benzene rings is 6. The molecule has 0 aromatic heterocycles. The average Bonchev–Trinajstić information content (AvgIpc) is 3.35. The minimum absolute atomic E-state index is 0.301. The fourth-order valence-electron chi connectivity index (χ4n) is 9.60. The molecule has 0 bridgehead atoms. The largest absolute Gasteiger partial charge is 0.274 e. The standard InChI is InChI=1S/C57H54N4O3S/c1-5-6-7-8-9-10-11-12-13-14-15-16-17-18-19-20-35-61-56(62)49-37-46(40-23-30-44(59-3)31-24-40)52-48-36-42(39-21-28-43(58-2)29-22-39)27-34-51(48)65(64)55-47(41-25-32-45(60-4)33-26-41)38-50(57(61)63)53(49)54(52)55/h21-34,36-38H,5-20,35H2,1H3. The number of fused-ring (bicyclic) bond motifs is 2. The lowest BCUT2D eigenvalue weighted by atomic mass is 9.81. The smallest absolute Gasteiger partial charge is 0.261 e. The van der Waals surface area contributed by atoms with Crippen molar-refractivity contribution < 1.29 is 13.8 Å². The Balaban J connectivity index is 1.12. The third-order valence-corrected chi connectivity index (χ3v) is 14.7. The zero-order chi connectivity index (χ0) is 45.3. The van der Waals surface area contributed by atoms with Crippen LogP contribution in [0, 0.1) is 19.7 Å². The van der Waals surface area contributed by atoms with Crippen LogP contribution < -0.4 is 0 Å². The van der Waals surface area contributed by atoms with E-state index in [0.717, 1.165) is 52.6 Å². The van der Waals surface area contributed by atoms with E-state index >= 15 is 4.21 Å². The van der Waals surface area contributed by atoms with Crippen LogP contribution in [0.2, 0.25) is 0 Å². The zero-order valence-electron chi connectivity index (χ0n) is 37.3. The van der Waals surface area contributed by atoms with E-state index in [1.165, 1.54) is 81.9 Å². The molecule has 6 aromatic rings. The lowest BCUT2D eigenvalue weighted by molar-refractivity contribution is 0.0607. The Morgan fingerprint density at radius 1 is 0.446 bits per heavy atom. The molecule has 8 heteroatoms.